The van der Waals surface area contributed by atoms with Crippen LogP contribution in [-0.4, -0.2) is 12.4 Å². The van der Waals surface area contributed by atoms with Crippen LogP contribution in [0.25, 0.3) is 16.3 Å². The van der Waals surface area contributed by atoms with Gasteiger partial charge in [-0.15, -0.1) is 0 Å². The van der Waals surface area contributed by atoms with Crippen molar-refractivity contribution in [2.24, 2.45) is 5.41 Å². The van der Waals surface area contributed by atoms with Crippen molar-refractivity contribution in [2.75, 3.05) is 11.9 Å². The minimum absolute atomic E-state index is 0.0779. The Morgan fingerprint density at radius 2 is 1.97 bits per heavy atom. The Labute approximate surface area is 197 Å². The largest absolute Gasteiger partial charge is 0.489 e. The lowest BCUT2D eigenvalue weighted by Gasteiger charge is -2.40. The molecule has 0 radical (unpaired) electrons. The summed E-state index contributed by atoms with van der Waals surface area (Å²) < 4.78 is 6.95. The molecule has 162 valence electrons. The smallest absolute Gasteiger partial charge is 0.162 e. The van der Waals surface area contributed by atoms with E-state index in [1.807, 2.05) is 12.1 Å². The predicted molar refractivity (Wildman–Crippen MR) is 135 cm³/mol. The number of allylic oxidation sites excluding steroid dienone is 1. The van der Waals surface area contributed by atoms with Gasteiger partial charge in [0.2, 0.25) is 0 Å². The number of ketones is 1. The van der Waals surface area contributed by atoms with Gasteiger partial charge in [0, 0.05) is 33.3 Å². The van der Waals surface area contributed by atoms with E-state index >= 15 is 0 Å². The van der Waals surface area contributed by atoms with Crippen molar-refractivity contribution in [3.05, 3.63) is 88.4 Å². The number of carbonyl (C=O) groups is 1. The van der Waals surface area contributed by atoms with E-state index in [1.54, 1.807) is 6.08 Å². The average molecular weight is 488 g/mol. The van der Waals surface area contributed by atoms with E-state index < -0.39 is 0 Å². The summed E-state index contributed by atoms with van der Waals surface area (Å²) in [7, 11) is 0. The Kier molecular flexibility index (Phi) is 5.21. The van der Waals surface area contributed by atoms with E-state index in [0.717, 1.165) is 39.0 Å². The molecule has 1 heterocycles. The number of carbonyl (C=O) groups excluding carboxylic acids is 1. The lowest BCUT2D eigenvalue weighted by atomic mass is 9.68. The maximum atomic E-state index is 13.6. The molecule has 0 saturated heterocycles. The Morgan fingerprint density at radius 3 is 2.78 bits per heavy atom. The van der Waals surface area contributed by atoms with E-state index in [0.29, 0.717) is 13.0 Å². The van der Waals surface area contributed by atoms with Crippen LogP contribution >= 0.6 is 15.9 Å². The number of rotatable bonds is 4. The van der Waals surface area contributed by atoms with Crippen LogP contribution in [0.3, 0.4) is 0 Å². The number of halogens is 1. The number of anilines is 1. The highest BCUT2D eigenvalue weighted by Crippen LogP contribution is 2.53. The molecule has 1 atom stereocenters. The number of benzene rings is 3. The lowest BCUT2D eigenvalue weighted by Crippen LogP contribution is -2.33. The zero-order valence-corrected chi connectivity index (χ0v) is 20.0. The molecular weight excluding hydrogens is 462 g/mol. The first kappa shape index (κ1) is 21.0. The van der Waals surface area contributed by atoms with Gasteiger partial charge in [-0.1, -0.05) is 72.8 Å². The number of hydrogen-bond donors (Lipinski definition) is 1. The fourth-order valence-electron chi connectivity index (χ4n) is 5.10. The number of nitrogens with one attached hydrogen (secondary N) is 1. The second-order valence-electron chi connectivity index (χ2n) is 9.40. The summed E-state index contributed by atoms with van der Waals surface area (Å²) in [5.74, 6) is 0.973. The molecule has 3 nitrogen and oxygen atoms in total. The maximum absolute atomic E-state index is 13.6. The molecule has 4 heteroatoms. The van der Waals surface area contributed by atoms with Crippen LogP contribution in [0.1, 0.15) is 43.9 Å². The standard InChI is InChI=1S/C28H26BrNO2/c1-4-13-32-24-12-10-18(29)14-20(24)27-26-21(15-28(2,3)16-23(26)31)25-19-8-6-5-7-17(19)9-11-22(25)30-27/h4-12,14,27,30H,1,13,15-16H2,2-3H3/t27-/m1/s1. The monoisotopic (exact) mass is 487 g/mol. The number of Topliss-reactive ketones (excluding diaryl/α,β-unsaturated/α-hetero) is 1. The van der Waals surface area contributed by atoms with Crippen molar-refractivity contribution in [3.63, 3.8) is 0 Å². The second-order valence-corrected chi connectivity index (χ2v) is 10.3. The van der Waals surface area contributed by atoms with Gasteiger partial charge in [-0.05, 0) is 52.4 Å². The quantitative estimate of drug-likeness (QED) is 0.387. The summed E-state index contributed by atoms with van der Waals surface area (Å²) in [4.78, 5) is 13.6. The molecule has 0 aromatic heterocycles. The van der Waals surface area contributed by atoms with Crippen LogP contribution in [0.15, 0.2) is 77.3 Å². The summed E-state index contributed by atoms with van der Waals surface area (Å²) in [6.45, 7) is 8.56. The number of hydrogen-bond acceptors (Lipinski definition) is 3. The fraction of sp³-hybridized carbons (Fsp3) is 0.250. The van der Waals surface area contributed by atoms with Crippen molar-refractivity contribution >= 4 is 43.7 Å². The average Bonchev–Trinajstić information content (AvgIpc) is 2.76. The van der Waals surface area contributed by atoms with Crippen LogP contribution in [0.2, 0.25) is 0 Å². The van der Waals surface area contributed by atoms with Gasteiger partial charge in [0.25, 0.3) is 0 Å². The third-order valence-corrected chi connectivity index (χ3v) is 6.87. The van der Waals surface area contributed by atoms with Crippen molar-refractivity contribution in [1.82, 2.24) is 0 Å². The number of ether oxygens (including phenoxy) is 1. The first-order chi connectivity index (χ1) is 15.4. The third kappa shape index (κ3) is 3.57. The summed E-state index contributed by atoms with van der Waals surface area (Å²) >= 11 is 3.61. The molecule has 1 aliphatic heterocycles. The SMILES string of the molecule is C=CCOc1ccc(Br)cc1[C@H]1Nc2ccc3ccccc3c2C2=C1C(=O)CC(C)(C)C2. The molecular formula is C28H26BrNO2. The zero-order valence-electron chi connectivity index (χ0n) is 18.4. The van der Waals surface area contributed by atoms with Gasteiger partial charge in [-0.3, -0.25) is 4.79 Å². The summed E-state index contributed by atoms with van der Waals surface area (Å²) in [5.41, 5.74) is 5.14. The molecule has 0 bridgehead atoms. The van der Waals surface area contributed by atoms with Gasteiger partial charge in [-0.2, -0.15) is 0 Å². The minimum Gasteiger partial charge on any atom is -0.489 e. The predicted octanol–water partition coefficient (Wildman–Crippen LogP) is 7.48. The molecule has 2 aliphatic rings. The van der Waals surface area contributed by atoms with Gasteiger partial charge in [0.15, 0.2) is 5.78 Å². The van der Waals surface area contributed by atoms with Crippen LogP contribution in [0, 0.1) is 5.41 Å². The third-order valence-electron chi connectivity index (χ3n) is 6.38. The van der Waals surface area contributed by atoms with Gasteiger partial charge in [-0.25, -0.2) is 0 Å². The van der Waals surface area contributed by atoms with Crippen molar-refractivity contribution < 1.29 is 9.53 Å². The highest BCUT2D eigenvalue weighted by Gasteiger charge is 2.41. The zero-order chi connectivity index (χ0) is 22.5. The Balaban J connectivity index is 1.77. The molecule has 0 saturated carbocycles. The molecule has 1 aliphatic carbocycles. The van der Waals surface area contributed by atoms with E-state index in [4.69, 9.17) is 4.74 Å². The molecule has 1 N–H and O–H groups in total. The summed E-state index contributed by atoms with van der Waals surface area (Å²) in [5, 5.41) is 6.07. The number of fused-ring (bicyclic) bond motifs is 4. The Morgan fingerprint density at radius 1 is 1.16 bits per heavy atom. The van der Waals surface area contributed by atoms with E-state index in [2.05, 4.69) is 84.1 Å². The van der Waals surface area contributed by atoms with Crippen LogP contribution in [-0.2, 0) is 4.79 Å². The Bertz CT molecular complexity index is 1290. The van der Waals surface area contributed by atoms with Crippen molar-refractivity contribution in [3.8, 4) is 5.75 Å². The summed E-state index contributed by atoms with van der Waals surface area (Å²) in [6, 6.07) is 18.4. The minimum atomic E-state index is -0.264. The molecule has 3 aromatic rings. The van der Waals surface area contributed by atoms with Crippen molar-refractivity contribution in [1.29, 1.82) is 0 Å². The van der Waals surface area contributed by atoms with Gasteiger partial charge in [0.05, 0.1) is 6.04 Å². The van der Waals surface area contributed by atoms with E-state index in [1.165, 1.54) is 16.3 Å². The van der Waals surface area contributed by atoms with Gasteiger partial charge in [0.1, 0.15) is 12.4 Å². The normalized spacial score (nSPS) is 19.2. The highest BCUT2D eigenvalue weighted by molar-refractivity contribution is 9.10. The second kappa shape index (κ2) is 7.93. The van der Waals surface area contributed by atoms with Crippen LogP contribution < -0.4 is 10.1 Å². The van der Waals surface area contributed by atoms with Crippen LogP contribution in [0.5, 0.6) is 5.75 Å². The molecule has 5 rings (SSSR count). The molecule has 0 amide bonds. The molecule has 3 aromatic carbocycles. The fourth-order valence-corrected chi connectivity index (χ4v) is 5.47. The maximum Gasteiger partial charge on any atom is 0.162 e. The van der Waals surface area contributed by atoms with Crippen LogP contribution in [0.4, 0.5) is 5.69 Å². The molecule has 0 fully saturated rings. The van der Waals surface area contributed by atoms with Gasteiger partial charge < -0.3 is 10.1 Å². The summed E-state index contributed by atoms with van der Waals surface area (Å²) in [6.07, 6.45) is 3.14. The first-order valence-electron chi connectivity index (χ1n) is 11.0. The first-order valence-corrected chi connectivity index (χ1v) is 11.8. The lowest BCUT2D eigenvalue weighted by molar-refractivity contribution is -0.118. The molecule has 0 unspecified atom stereocenters. The van der Waals surface area contributed by atoms with E-state index in [-0.39, 0.29) is 17.2 Å². The Hall–Kier alpha value is -2.85. The molecule has 32 heavy (non-hydrogen) atoms. The van der Waals surface area contributed by atoms with Crippen molar-refractivity contribution in [2.45, 2.75) is 32.7 Å². The topological polar surface area (TPSA) is 38.3 Å². The highest BCUT2D eigenvalue weighted by atomic mass is 79.9. The molecule has 0 spiro atoms. The van der Waals surface area contributed by atoms with Gasteiger partial charge >= 0.3 is 0 Å². The van der Waals surface area contributed by atoms with E-state index in [9.17, 15) is 4.79 Å².